The van der Waals surface area contributed by atoms with Gasteiger partial charge in [0.15, 0.2) is 0 Å². The van der Waals surface area contributed by atoms with Gasteiger partial charge in [-0.3, -0.25) is 0 Å². The van der Waals surface area contributed by atoms with E-state index in [1.54, 1.807) is 41.3 Å². The number of aromatic nitrogens is 4. The SMILES string of the molecule is C[C@]12CCC[C@](C)(C1)[C@H](F)[C@H](Oc1ccc(-c3ccc(-n4cccn4)cc3O)nn1)C2. The highest BCUT2D eigenvalue weighted by Crippen LogP contribution is 2.56. The van der Waals surface area contributed by atoms with Crippen LogP contribution < -0.4 is 4.74 Å². The molecule has 0 unspecified atom stereocenters. The highest BCUT2D eigenvalue weighted by atomic mass is 19.1. The number of alkyl halides is 1. The van der Waals surface area contributed by atoms with Gasteiger partial charge >= 0.3 is 0 Å². The number of phenolic OH excluding ortho intramolecular Hbond substituents is 1. The van der Waals surface area contributed by atoms with Crippen molar-refractivity contribution in [3.8, 4) is 28.6 Å². The van der Waals surface area contributed by atoms with Crippen LogP contribution in [0.5, 0.6) is 11.6 Å². The molecule has 0 amide bonds. The van der Waals surface area contributed by atoms with Crippen LogP contribution in [0, 0.1) is 10.8 Å². The quantitative estimate of drug-likeness (QED) is 0.632. The molecule has 2 fully saturated rings. The lowest BCUT2D eigenvalue weighted by atomic mass is 9.55. The predicted octanol–water partition coefficient (Wildman–Crippen LogP) is 5.11. The molecule has 6 nitrogen and oxygen atoms in total. The summed E-state index contributed by atoms with van der Waals surface area (Å²) in [5.74, 6) is 0.400. The Kier molecular flexibility index (Phi) is 4.72. The zero-order chi connectivity index (χ0) is 21.6. The Bertz CT molecular complexity index is 1070. The van der Waals surface area contributed by atoms with Gasteiger partial charge in [0.25, 0.3) is 0 Å². The average Bonchev–Trinajstić information content (AvgIpc) is 3.27. The third-order valence-corrected chi connectivity index (χ3v) is 6.98. The fraction of sp³-hybridized carbons (Fsp3) is 0.458. The molecule has 0 saturated heterocycles. The summed E-state index contributed by atoms with van der Waals surface area (Å²) < 4.78 is 23.0. The summed E-state index contributed by atoms with van der Waals surface area (Å²) in [5.41, 5.74) is 1.62. The minimum Gasteiger partial charge on any atom is -0.507 e. The Balaban J connectivity index is 1.34. The van der Waals surface area contributed by atoms with Crippen LogP contribution in [0.25, 0.3) is 16.9 Å². The van der Waals surface area contributed by atoms with E-state index in [-0.39, 0.29) is 16.6 Å². The molecular formula is C24H27FN4O2. The number of phenols is 1. The van der Waals surface area contributed by atoms with E-state index in [4.69, 9.17) is 4.74 Å². The zero-order valence-electron chi connectivity index (χ0n) is 17.8. The van der Waals surface area contributed by atoms with E-state index in [1.165, 1.54) is 0 Å². The van der Waals surface area contributed by atoms with E-state index in [0.29, 0.717) is 23.6 Å². The van der Waals surface area contributed by atoms with Crippen LogP contribution in [0.4, 0.5) is 4.39 Å². The molecular weight excluding hydrogens is 395 g/mol. The van der Waals surface area contributed by atoms with Crippen molar-refractivity contribution in [2.45, 2.75) is 58.2 Å². The van der Waals surface area contributed by atoms with Gasteiger partial charge in [-0.05, 0) is 55.4 Å². The Hall–Kier alpha value is -2.96. The number of fused-ring (bicyclic) bond motifs is 2. The molecule has 2 saturated carbocycles. The Morgan fingerprint density at radius 3 is 2.74 bits per heavy atom. The van der Waals surface area contributed by atoms with Crippen LogP contribution in [0.1, 0.15) is 46.0 Å². The van der Waals surface area contributed by atoms with Crippen LogP contribution in [-0.2, 0) is 0 Å². The highest BCUT2D eigenvalue weighted by molar-refractivity contribution is 5.68. The second-order valence-electron chi connectivity index (χ2n) is 9.67. The number of aromatic hydroxyl groups is 1. The van der Waals surface area contributed by atoms with E-state index in [9.17, 15) is 5.11 Å². The topological polar surface area (TPSA) is 73.1 Å². The fourth-order valence-corrected chi connectivity index (χ4v) is 5.60. The van der Waals surface area contributed by atoms with Crippen molar-refractivity contribution in [3.63, 3.8) is 0 Å². The fourth-order valence-electron chi connectivity index (χ4n) is 5.60. The molecule has 7 heteroatoms. The predicted molar refractivity (Wildman–Crippen MR) is 115 cm³/mol. The van der Waals surface area contributed by atoms with Crippen LogP contribution in [-0.4, -0.2) is 37.4 Å². The molecule has 2 aromatic heterocycles. The minimum atomic E-state index is -1.01. The summed E-state index contributed by atoms with van der Waals surface area (Å²) in [7, 11) is 0. The summed E-state index contributed by atoms with van der Waals surface area (Å²) >= 11 is 0. The molecule has 162 valence electrons. The van der Waals surface area contributed by atoms with Crippen LogP contribution in [0.15, 0.2) is 48.8 Å². The van der Waals surface area contributed by atoms with Gasteiger partial charge in [0.2, 0.25) is 5.88 Å². The average molecular weight is 423 g/mol. The number of benzene rings is 1. The van der Waals surface area contributed by atoms with E-state index >= 15 is 4.39 Å². The van der Waals surface area contributed by atoms with Gasteiger partial charge in [-0.25, -0.2) is 9.07 Å². The first-order valence-corrected chi connectivity index (χ1v) is 10.8. The highest BCUT2D eigenvalue weighted by Gasteiger charge is 2.54. The van der Waals surface area contributed by atoms with Crippen molar-refractivity contribution in [1.82, 2.24) is 20.0 Å². The second-order valence-corrected chi connectivity index (χ2v) is 9.67. The maximum atomic E-state index is 15.3. The van der Waals surface area contributed by atoms with Gasteiger partial charge in [0, 0.05) is 35.5 Å². The molecule has 4 atom stereocenters. The lowest BCUT2D eigenvalue weighted by molar-refractivity contribution is -0.107. The van der Waals surface area contributed by atoms with Crippen molar-refractivity contribution in [2.24, 2.45) is 10.8 Å². The number of rotatable bonds is 4. The molecule has 0 aliphatic heterocycles. The van der Waals surface area contributed by atoms with Crippen molar-refractivity contribution in [1.29, 1.82) is 0 Å². The normalized spacial score (nSPS) is 30.2. The van der Waals surface area contributed by atoms with E-state index in [0.717, 1.165) is 31.4 Å². The summed E-state index contributed by atoms with van der Waals surface area (Å²) in [5, 5.41) is 23.0. The molecule has 2 aliphatic carbocycles. The molecule has 1 aromatic carbocycles. The molecule has 2 heterocycles. The summed E-state index contributed by atoms with van der Waals surface area (Å²) in [4.78, 5) is 0. The minimum absolute atomic E-state index is 0.0840. The van der Waals surface area contributed by atoms with Gasteiger partial charge in [-0.2, -0.15) is 5.10 Å². The third-order valence-electron chi connectivity index (χ3n) is 6.98. The van der Waals surface area contributed by atoms with Crippen LogP contribution >= 0.6 is 0 Å². The Morgan fingerprint density at radius 2 is 2.03 bits per heavy atom. The van der Waals surface area contributed by atoms with Gasteiger partial charge in [0.1, 0.15) is 18.0 Å². The summed E-state index contributed by atoms with van der Waals surface area (Å²) in [6.07, 6.45) is 6.68. The van der Waals surface area contributed by atoms with Gasteiger partial charge < -0.3 is 9.84 Å². The van der Waals surface area contributed by atoms with E-state index < -0.39 is 12.3 Å². The van der Waals surface area contributed by atoms with E-state index in [2.05, 4.69) is 29.1 Å². The van der Waals surface area contributed by atoms with Crippen molar-refractivity contribution < 1.29 is 14.2 Å². The zero-order valence-corrected chi connectivity index (χ0v) is 17.8. The second kappa shape index (κ2) is 7.32. The molecule has 5 rings (SSSR count). The van der Waals surface area contributed by atoms with Crippen molar-refractivity contribution in [3.05, 3.63) is 48.8 Å². The summed E-state index contributed by atoms with van der Waals surface area (Å²) in [6, 6.07) is 10.5. The van der Waals surface area contributed by atoms with Crippen LogP contribution in [0.3, 0.4) is 0 Å². The molecule has 0 radical (unpaired) electrons. The van der Waals surface area contributed by atoms with Crippen LogP contribution in [0.2, 0.25) is 0 Å². The van der Waals surface area contributed by atoms with Gasteiger partial charge in [0.05, 0.1) is 11.4 Å². The molecule has 3 aromatic rings. The smallest absolute Gasteiger partial charge is 0.233 e. The standard InChI is InChI=1S/C24H27FN4O2/c1-23-9-3-10-24(2,15-23)22(25)20(14-23)31-21-8-7-18(27-28-21)17-6-5-16(13-19(17)30)29-12-4-11-26-29/h4-8,11-13,20,22,30H,3,9-10,14-15H2,1-2H3/t20-,22-,23-,24-/m1/s1. The van der Waals surface area contributed by atoms with E-state index in [1.807, 2.05) is 12.1 Å². The molecule has 0 spiro atoms. The molecule has 31 heavy (non-hydrogen) atoms. The first-order chi connectivity index (χ1) is 14.9. The van der Waals surface area contributed by atoms with Crippen molar-refractivity contribution >= 4 is 0 Å². The lowest BCUT2D eigenvalue weighted by Gasteiger charge is -2.53. The maximum Gasteiger partial charge on any atom is 0.233 e. The lowest BCUT2D eigenvalue weighted by Crippen LogP contribution is -2.53. The Labute approximate surface area is 181 Å². The van der Waals surface area contributed by atoms with Gasteiger partial charge in [-0.1, -0.05) is 20.3 Å². The number of halogens is 1. The number of hydrogen-bond acceptors (Lipinski definition) is 5. The first-order valence-electron chi connectivity index (χ1n) is 10.8. The maximum absolute atomic E-state index is 15.3. The first kappa shape index (κ1) is 20.0. The number of ether oxygens (including phenoxy) is 1. The molecule has 2 bridgehead atoms. The molecule has 1 N–H and O–H groups in total. The monoisotopic (exact) mass is 422 g/mol. The van der Waals surface area contributed by atoms with Gasteiger partial charge in [-0.15, -0.1) is 10.2 Å². The number of hydrogen-bond donors (Lipinski definition) is 1. The largest absolute Gasteiger partial charge is 0.507 e. The Morgan fingerprint density at radius 1 is 1.16 bits per heavy atom. The third kappa shape index (κ3) is 3.66. The molecule has 2 aliphatic rings. The summed E-state index contributed by atoms with van der Waals surface area (Å²) in [6.45, 7) is 4.30. The number of nitrogens with zero attached hydrogens (tertiary/aromatic N) is 4. The van der Waals surface area contributed by atoms with Crippen molar-refractivity contribution in [2.75, 3.05) is 0 Å².